The Morgan fingerprint density at radius 2 is 1.12 bits per heavy atom. The number of aryl methyl sites for hydroxylation is 1. The van der Waals surface area contributed by atoms with E-state index in [0.717, 1.165) is 5.56 Å². The highest BCUT2D eigenvalue weighted by molar-refractivity contribution is 7.85. The van der Waals surface area contributed by atoms with Crippen LogP contribution in [0.3, 0.4) is 0 Å². The first-order chi connectivity index (χ1) is 5.00. The number of benzene rings is 1. The lowest BCUT2D eigenvalue weighted by Gasteiger charge is -2.05. The van der Waals surface area contributed by atoms with Gasteiger partial charge in [0.1, 0.15) is 10.1 Å². The van der Waals surface area contributed by atoms with E-state index >= 15 is 0 Å². The molecular weight excluding hydrogens is 260 g/mol. The van der Waals surface area contributed by atoms with Gasteiger partial charge in [-0.25, -0.2) is 8.42 Å². The molecule has 0 radical (unpaired) electrons. The van der Waals surface area contributed by atoms with Crippen LogP contribution < -0.4 is 0 Å². The summed E-state index contributed by atoms with van der Waals surface area (Å²) in [7, 11) is -4.27. The van der Waals surface area contributed by atoms with Gasteiger partial charge >= 0.3 is 0 Å². The fraction of sp³-hybridized carbons (Fsp3) is 0.143. The van der Waals surface area contributed by atoms with Crippen LogP contribution in [-0.2, 0) is 10.1 Å². The second-order valence-corrected chi connectivity index (χ2v) is 3.65. The molecule has 0 saturated carbocycles. The lowest BCUT2D eigenvalue weighted by Crippen LogP contribution is -1.97. The molecule has 0 amide bonds. The first-order valence-corrected chi connectivity index (χ1v) is 4.43. The zero-order valence-electron chi connectivity index (χ0n) is 8.94. The Balaban J connectivity index is -0.0000000504. The van der Waals surface area contributed by atoms with Crippen molar-refractivity contribution in [3.8, 4) is 0 Å². The standard InChI is InChI=1S/C7H8O3S.6H2O/c1-6-2-4-7(5-3-6)11(8,9)10;;;;;;/h2-5H,1H3,(H,8,9,10);6*1H2/p-1. The highest BCUT2D eigenvalue weighted by atomic mass is 32.2. The second kappa shape index (κ2) is 13.0. The van der Waals surface area contributed by atoms with Gasteiger partial charge in [0, 0.05) is 0 Å². The molecule has 1 aromatic carbocycles. The van der Waals surface area contributed by atoms with Gasteiger partial charge in [0.15, 0.2) is 0 Å². The summed E-state index contributed by atoms with van der Waals surface area (Å²) in [5.41, 5.74) is 0.928. The van der Waals surface area contributed by atoms with Crippen molar-refractivity contribution in [2.24, 2.45) is 0 Å². The van der Waals surface area contributed by atoms with Crippen molar-refractivity contribution >= 4 is 10.1 Å². The van der Waals surface area contributed by atoms with Crippen LogP contribution in [0.1, 0.15) is 5.56 Å². The molecule has 0 aliphatic rings. The smallest absolute Gasteiger partial charge is 0.124 e. The predicted octanol–water partition coefficient (Wildman–Crippen LogP) is -4.05. The summed E-state index contributed by atoms with van der Waals surface area (Å²) in [4.78, 5) is -0.178. The van der Waals surface area contributed by atoms with E-state index in [0.29, 0.717) is 0 Å². The fourth-order valence-electron chi connectivity index (χ4n) is 0.705. The van der Waals surface area contributed by atoms with Gasteiger partial charge in [-0.1, -0.05) is 17.7 Å². The molecule has 0 fully saturated rings. The second-order valence-electron chi connectivity index (χ2n) is 2.27. The van der Waals surface area contributed by atoms with E-state index in [4.69, 9.17) is 0 Å². The maximum absolute atomic E-state index is 10.4. The summed E-state index contributed by atoms with van der Waals surface area (Å²) >= 11 is 0. The van der Waals surface area contributed by atoms with Crippen LogP contribution in [0.2, 0.25) is 0 Å². The molecule has 0 spiro atoms. The van der Waals surface area contributed by atoms with Crippen molar-refractivity contribution in [3.63, 3.8) is 0 Å². The lowest BCUT2D eigenvalue weighted by molar-refractivity contribution is 0.463. The quantitative estimate of drug-likeness (QED) is 0.465. The molecule has 0 atom stereocenters. The van der Waals surface area contributed by atoms with Gasteiger partial charge in [-0.2, -0.15) is 0 Å². The first kappa shape index (κ1) is 36.0. The number of hydrogen-bond acceptors (Lipinski definition) is 3. The van der Waals surface area contributed by atoms with Crippen molar-refractivity contribution in [1.82, 2.24) is 0 Å². The average Bonchev–Trinajstić information content (AvgIpc) is 1.86. The number of hydrogen-bond donors (Lipinski definition) is 0. The highest BCUT2D eigenvalue weighted by Crippen LogP contribution is 2.08. The summed E-state index contributed by atoms with van der Waals surface area (Å²) in [5.74, 6) is 0. The topological polar surface area (TPSA) is 246 Å². The lowest BCUT2D eigenvalue weighted by atomic mass is 10.2. The Bertz CT molecular complexity index is 344. The molecule has 9 nitrogen and oxygen atoms in total. The molecular formula is C7H19O9S-. The van der Waals surface area contributed by atoms with Crippen molar-refractivity contribution in [2.45, 2.75) is 11.8 Å². The maximum atomic E-state index is 10.4. The number of rotatable bonds is 1. The SMILES string of the molecule is Cc1ccc(S(=O)(=O)[O-])cc1.O.O.O.O.O.O. The Kier molecular flexibility index (Phi) is 27.5. The Hall–Kier alpha value is -1.11. The average molecular weight is 279 g/mol. The van der Waals surface area contributed by atoms with Crippen LogP contribution >= 0.6 is 0 Å². The van der Waals surface area contributed by atoms with Crippen molar-refractivity contribution in [2.75, 3.05) is 0 Å². The third-order valence-electron chi connectivity index (χ3n) is 1.31. The molecule has 1 rings (SSSR count). The van der Waals surface area contributed by atoms with Crippen molar-refractivity contribution in [1.29, 1.82) is 0 Å². The molecule has 10 heteroatoms. The zero-order valence-corrected chi connectivity index (χ0v) is 9.76. The van der Waals surface area contributed by atoms with Gasteiger partial charge in [0.05, 0.1) is 4.90 Å². The largest absolute Gasteiger partial charge is 0.744 e. The van der Waals surface area contributed by atoms with Crippen LogP contribution in [0.15, 0.2) is 29.2 Å². The third-order valence-corrected chi connectivity index (χ3v) is 2.16. The van der Waals surface area contributed by atoms with Gasteiger partial charge in [-0.05, 0) is 19.1 Å². The molecule has 1 aromatic rings. The molecule has 12 N–H and O–H groups in total. The van der Waals surface area contributed by atoms with E-state index in [1.807, 2.05) is 6.92 Å². The van der Waals surface area contributed by atoms with Crippen molar-refractivity contribution in [3.05, 3.63) is 29.8 Å². The first-order valence-electron chi connectivity index (χ1n) is 3.03. The molecule has 108 valence electrons. The van der Waals surface area contributed by atoms with Gasteiger partial charge in [0.25, 0.3) is 0 Å². The van der Waals surface area contributed by atoms with E-state index in [-0.39, 0.29) is 37.8 Å². The zero-order chi connectivity index (χ0) is 8.48. The van der Waals surface area contributed by atoms with Gasteiger partial charge in [0.2, 0.25) is 0 Å². The van der Waals surface area contributed by atoms with Crippen molar-refractivity contribution < 1.29 is 45.8 Å². The Morgan fingerprint density at radius 3 is 1.35 bits per heavy atom. The van der Waals surface area contributed by atoms with Crippen LogP contribution in [0.5, 0.6) is 0 Å². The molecule has 17 heavy (non-hydrogen) atoms. The summed E-state index contributed by atoms with van der Waals surface area (Å²) in [6.07, 6.45) is 0. The molecule has 0 aliphatic carbocycles. The highest BCUT2D eigenvalue weighted by Gasteiger charge is 1.97. The van der Waals surface area contributed by atoms with E-state index < -0.39 is 10.1 Å². The molecule has 0 heterocycles. The van der Waals surface area contributed by atoms with Gasteiger partial charge in [-0.3, -0.25) is 0 Å². The maximum Gasteiger partial charge on any atom is 0.124 e. The van der Waals surface area contributed by atoms with Gasteiger partial charge < -0.3 is 37.4 Å². The van der Waals surface area contributed by atoms with E-state index in [1.165, 1.54) is 12.1 Å². The van der Waals surface area contributed by atoms with E-state index in [1.54, 1.807) is 12.1 Å². The minimum Gasteiger partial charge on any atom is -0.744 e. The molecule has 0 bridgehead atoms. The van der Waals surface area contributed by atoms with Gasteiger partial charge in [-0.15, -0.1) is 0 Å². The van der Waals surface area contributed by atoms with E-state index in [2.05, 4.69) is 0 Å². The molecule has 0 aliphatic heterocycles. The molecule has 0 unspecified atom stereocenters. The minimum absolute atomic E-state index is 0. The third kappa shape index (κ3) is 11.2. The molecule has 0 saturated heterocycles. The predicted molar refractivity (Wildman–Crippen MR) is 60.8 cm³/mol. The fourth-order valence-corrected chi connectivity index (χ4v) is 1.17. The summed E-state index contributed by atoms with van der Waals surface area (Å²) in [6, 6.07) is 5.78. The summed E-state index contributed by atoms with van der Waals surface area (Å²) in [6.45, 7) is 1.82. The Morgan fingerprint density at radius 1 is 0.824 bits per heavy atom. The summed E-state index contributed by atoms with van der Waals surface area (Å²) < 4.78 is 31.2. The monoisotopic (exact) mass is 279 g/mol. The van der Waals surface area contributed by atoms with Crippen LogP contribution in [-0.4, -0.2) is 45.8 Å². The normalized spacial score (nSPS) is 7.41. The minimum atomic E-state index is -4.27. The summed E-state index contributed by atoms with van der Waals surface area (Å²) in [5, 5.41) is 0. The van der Waals surface area contributed by atoms with Crippen LogP contribution in [0.4, 0.5) is 0 Å². The van der Waals surface area contributed by atoms with Crippen LogP contribution in [0.25, 0.3) is 0 Å². The van der Waals surface area contributed by atoms with E-state index in [9.17, 15) is 13.0 Å². The van der Waals surface area contributed by atoms with Crippen LogP contribution in [0, 0.1) is 6.92 Å². The Labute approximate surface area is 98.3 Å². The molecule has 0 aromatic heterocycles.